The van der Waals surface area contributed by atoms with Crippen LogP contribution in [0.1, 0.15) is 31.7 Å². The highest BCUT2D eigenvalue weighted by Crippen LogP contribution is 2.25. The van der Waals surface area contributed by atoms with Crippen molar-refractivity contribution in [3.05, 3.63) is 84.4 Å². The van der Waals surface area contributed by atoms with Gasteiger partial charge in [0.1, 0.15) is 5.69 Å². The molecule has 36 heavy (non-hydrogen) atoms. The van der Waals surface area contributed by atoms with Gasteiger partial charge in [0.05, 0.1) is 25.1 Å². The molecule has 8 nitrogen and oxygen atoms in total. The number of anilines is 1. The molecule has 3 aromatic rings. The van der Waals surface area contributed by atoms with E-state index in [-0.39, 0.29) is 0 Å². The first-order valence-corrected chi connectivity index (χ1v) is 12.2. The molecule has 1 aliphatic rings. The van der Waals surface area contributed by atoms with Gasteiger partial charge in [-0.2, -0.15) is 0 Å². The molecule has 4 rings (SSSR count). The zero-order valence-corrected chi connectivity index (χ0v) is 20.5. The number of hydrogen-bond donors (Lipinski definition) is 2. The number of rotatable bonds is 10. The molecular formula is C28H33N3O5. The molecule has 1 aromatic heterocycles. The van der Waals surface area contributed by atoms with Gasteiger partial charge in [0.15, 0.2) is 0 Å². The summed E-state index contributed by atoms with van der Waals surface area (Å²) in [5, 5.41) is 21.6. The van der Waals surface area contributed by atoms with E-state index in [1.807, 2.05) is 18.2 Å². The molecule has 1 aliphatic heterocycles. The fourth-order valence-electron chi connectivity index (χ4n) is 4.25. The van der Waals surface area contributed by atoms with E-state index in [4.69, 9.17) is 9.63 Å². The van der Waals surface area contributed by atoms with Crippen molar-refractivity contribution >= 4 is 17.8 Å². The predicted molar refractivity (Wildman–Crippen MR) is 135 cm³/mol. The highest BCUT2D eigenvalue weighted by atomic mass is 16.5. The molecule has 190 valence electrons. The summed E-state index contributed by atoms with van der Waals surface area (Å²) < 4.78 is 5.78. The molecule has 2 N–H and O–H groups in total. The Morgan fingerprint density at radius 1 is 1.08 bits per heavy atom. The van der Waals surface area contributed by atoms with Gasteiger partial charge in [0, 0.05) is 50.1 Å². The molecular weight excluding hydrogens is 458 g/mol. The van der Waals surface area contributed by atoms with Crippen molar-refractivity contribution < 1.29 is 29.2 Å². The van der Waals surface area contributed by atoms with Crippen LogP contribution in [-0.2, 0) is 16.1 Å². The average molecular weight is 492 g/mol. The Bertz CT molecular complexity index is 1090. The van der Waals surface area contributed by atoms with Gasteiger partial charge >= 0.3 is 5.97 Å². The summed E-state index contributed by atoms with van der Waals surface area (Å²) in [6.45, 7) is 6.84. The van der Waals surface area contributed by atoms with Crippen LogP contribution in [0.4, 0.5) is 5.88 Å². The molecule has 0 amide bonds. The second-order valence-electron chi connectivity index (χ2n) is 8.87. The Morgan fingerprint density at radius 2 is 1.72 bits per heavy atom. The Hall–Kier alpha value is -3.91. The highest BCUT2D eigenvalue weighted by Gasteiger charge is 2.23. The van der Waals surface area contributed by atoms with Crippen LogP contribution in [0.3, 0.4) is 0 Å². The van der Waals surface area contributed by atoms with Gasteiger partial charge in [-0.05, 0) is 18.6 Å². The minimum absolute atomic E-state index is 0.447. The Balaban J connectivity index is 0.000000392. The number of likely N-dealkylation sites (tertiary alicyclic amines) is 1. The zero-order chi connectivity index (χ0) is 25.8. The summed E-state index contributed by atoms with van der Waals surface area (Å²) in [5.74, 6) is -1.95. The third kappa shape index (κ3) is 8.70. The van der Waals surface area contributed by atoms with Crippen LogP contribution in [0.5, 0.6) is 0 Å². The number of hydrogen-bond acceptors (Lipinski definition) is 6. The van der Waals surface area contributed by atoms with E-state index in [1.54, 1.807) is 4.90 Å². The quantitative estimate of drug-likeness (QED) is 0.418. The lowest BCUT2D eigenvalue weighted by Gasteiger charge is -2.26. The van der Waals surface area contributed by atoms with Crippen molar-refractivity contribution in [3.8, 4) is 11.3 Å². The first kappa shape index (κ1) is 26.7. The van der Waals surface area contributed by atoms with Gasteiger partial charge in [-0.1, -0.05) is 65.8 Å². The van der Waals surface area contributed by atoms with Gasteiger partial charge in [-0.15, -0.1) is 0 Å². The van der Waals surface area contributed by atoms with Crippen molar-refractivity contribution in [2.75, 3.05) is 24.5 Å². The van der Waals surface area contributed by atoms with Crippen LogP contribution in [0.25, 0.3) is 11.3 Å². The standard InChI is InChI=1S/C24H29N3O.C4H4O4/c1-20(26-15-8-9-16-26)14-17-27(19-21-10-4-2-5-11-21)24-18-23(25-28-24)22-12-6-3-7-13-22;5-3(6)1-2-4(7)8/h2-7,10-13,18,20H,8-9,14-17,19H2,1H3;1-2H,(H,5,6)(H,7,8)/b;2-1+. The van der Waals surface area contributed by atoms with Crippen LogP contribution in [0.15, 0.2) is 83.4 Å². The Labute approximate surface area is 211 Å². The lowest BCUT2D eigenvalue weighted by molar-refractivity contribution is -0.911. The third-order valence-electron chi connectivity index (χ3n) is 6.23. The molecule has 0 aliphatic carbocycles. The Morgan fingerprint density at radius 3 is 2.31 bits per heavy atom. The topological polar surface area (TPSA) is 111 Å². The van der Waals surface area contributed by atoms with E-state index < -0.39 is 11.9 Å². The molecule has 1 saturated heterocycles. The molecule has 1 atom stereocenters. The zero-order valence-electron chi connectivity index (χ0n) is 20.5. The molecule has 0 radical (unpaired) electrons. The normalized spacial score (nSPS) is 14.2. The minimum atomic E-state index is -1.51. The first-order chi connectivity index (χ1) is 17.4. The van der Waals surface area contributed by atoms with E-state index in [2.05, 4.69) is 65.5 Å². The number of carboxylic acid groups (broad SMARTS) is 2. The van der Waals surface area contributed by atoms with E-state index in [1.165, 1.54) is 31.5 Å². The van der Waals surface area contributed by atoms with Crippen molar-refractivity contribution in [1.29, 1.82) is 0 Å². The van der Waals surface area contributed by atoms with Crippen LogP contribution in [-0.4, -0.2) is 47.9 Å². The summed E-state index contributed by atoms with van der Waals surface area (Å²) in [4.78, 5) is 23.1. The number of aromatic nitrogens is 1. The van der Waals surface area contributed by atoms with Crippen molar-refractivity contribution in [2.24, 2.45) is 0 Å². The Kier molecular flexibility index (Phi) is 10.3. The first-order valence-electron chi connectivity index (χ1n) is 12.2. The molecule has 8 heteroatoms. The van der Waals surface area contributed by atoms with Crippen LogP contribution in [0, 0.1) is 0 Å². The number of carboxylic acids is 2. The minimum Gasteiger partial charge on any atom is -0.545 e. The molecule has 1 fully saturated rings. The fraction of sp³-hybridized carbons (Fsp3) is 0.321. The molecule has 0 saturated carbocycles. The number of carbonyl (C=O) groups is 2. The average Bonchev–Trinajstić information content (AvgIpc) is 3.60. The smallest absolute Gasteiger partial charge is 0.328 e. The number of aliphatic carboxylic acids is 2. The third-order valence-corrected chi connectivity index (χ3v) is 6.23. The van der Waals surface area contributed by atoms with Crippen molar-refractivity contribution in [1.82, 2.24) is 5.16 Å². The summed E-state index contributed by atoms with van der Waals surface area (Å²) in [5.41, 5.74) is 3.28. The lowest BCUT2D eigenvalue weighted by Crippen LogP contribution is -3.13. The number of nitrogens with zero attached hydrogens (tertiary/aromatic N) is 2. The van der Waals surface area contributed by atoms with Gasteiger partial charge in [0.25, 0.3) is 0 Å². The summed E-state index contributed by atoms with van der Waals surface area (Å²) >= 11 is 0. The second kappa shape index (κ2) is 13.8. The summed E-state index contributed by atoms with van der Waals surface area (Å²) in [6, 6.07) is 23.6. The van der Waals surface area contributed by atoms with Gasteiger partial charge < -0.3 is 29.3 Å². The number of quaternary nitrogens is 1. The number of carbonyl (C=O) groups excluding carboxylic acids is 1. The fourth-order valence-corrected chi connectivity index (χ4v) is 4.25. The molecule has 2 aromatic carbocycles. The van der Waals surface area contributed by atoms with Crippen molar-refractivity contribution in [2.45, 2.75) is 38.8 Å². The second-order valence-corrected chi connectivity index (χ2v) is 8.87. The van der Waals surface area contributed by atoms with Crippen LogP contribution >= 0.6 is 0 Å². The van der Waals surface area contributed by atoms with E-state index in [0.717, 1.165) is 36.7 Å². The maximum atomic E-state index is 9.53. The van der Waals surface area contributed by atoms with E-state index >= 15 is 0 Å². The SMILES string of the molecule is CC(CCN(Cc1ccccc1)c1cc(-c2ccccc2)no1)[NH+]1CCCC1.O=C([O-])/C=C/C(=O)O. The maximum absolute atomic E-state index is 9.53. The molecule has 0 spiro atoms. The maximum Gasteiger partial charge on any atom is 0.328 e. The van der Waals surface area contributed by atoms with E-state index in [0.29, 0.717) is 18.2 Å². The lowest BCUT2D eigenvalue weighted by atomic mass is 10.1. The number of benzene rings is 2. The summed E-state index contributed by atoms with van der Waals surface area (Å²) in [6.07, 6.45) is 4.84. The van der Waals surface area contributed by atoms with E-state index in [9.17, 15) is 14.7 Å². The summed E-state index contributed by atoms with van der Waals surface area (Å²) in [7, 11) is 0. The predicted octanol–water partition coefficient (Wildman–Crippen LogP) is 2.18. The van der Waals surface area contributed by atoms with Gasteiger partial charge in [0.2, 0.25) is 5.88 Å². The largest absolute Gasteiger partial charge is 0.545 e. The van der Waals surface area contributed by atoms with Crippen LogP contribution in [0.2, 0.25) is 0 Å². The van der Waals surface area contributed by atoms with Crippen molar-refractivity contribution in [3.63, 3.8) is 0 Å². The highest BCUT2D eigenvalue weighted by molar-refractivity contribution is 5.88. The number of nitrogens with one attached hydrogen (secondary N) is 1. The van der Waals surface area contributed by atoms with Gasteiger partial charge in [-0.25, -0.2) is 4.79 Å². The molecule has 1 unspecified atom stereocenters. The van der Waals surface area contributed by atoms with Gasteiger partial charge in [-0.3, -0.25) is 0 Å². The molecule has 0 bridgehead atoms. The van der Waals surface area contributed by atoms with Crippen LogP contribution < -0.4 is 14.9 Å². The monoisotopic (exact) mass is 491 g/mol. The molecule has 2 heterocycles.